The van der Waals surface area contributed by atoms with Crippen molar-refractivity contribution in [2.45, 2.75) is 25.8 Å². The summed E-state index contributed by atoms with van der Waals surface area (Å²) < 4.78 is 10.5. The van der Waals surface area contributed by atoms with Crippen LogP contribution in [-0.4, -0.2) is 57.0 Å². The second-order valence-corrected chi connectivity index (χ2v) is 5.31. The van der Waals surface area contributed by atoms with Gasteiger partial charge >= 0.3 is 0 Å². The molecule has 0 saturated carbocycles. The molecule has 0 aromatic carbocycles. The summed E-state index contributed by atoms with van der Waals surface area (Å²) in [6.07, 6.45) is 1.91. The molecule has 0 aliphatic carbocycles. The highest BCUT2D eigenvalue weighted by Crippen LogP contribution is 2.18. The van der Waals surface area contributed by atoms with Gasteiger partial charge in [-0.2, -0.15) is 0 Å². The number of rotatable bonds is 7. The zero-order valence-electron chi connectivity index (χ0n) is 12.0. The van der Waals surface area contributed by atoms with Gasteiger partial charge in [0.1, 0.15) is 0 Å². The van der Waals surface area contributed by atoms with E-state index in [9.17, 15) is 4.79 Å². The lowest BCUT2D eigenvalue weighted by Crippen LogP contribution is -2.52. The van der Waals surface area contributed by atoms with E-state index in [0.29, 0.717) is 19.8 Å². The van der Waals surface area contributed by atoms with E-state index in [-0.39, 0.29) is 24.4 Å². The van der Waals surface area contributed by atoms with Crippen LogP contribution in [0.2, 0.25) is 0 Å². The Morgan fingerprint density at radius 1 is 1.58 bits per heavy atom. The van der Waals surface area contributed by atoms with E-state index in [4.69, 9.17) is 20.9 Å². The number of nitrogens with two attached hydrogens (primary N) is 2. The third-order valence-corrected chi connectivity index (χ3v) is 3.50. The standard InChI is InChI=1S/C13H27N3O3/c1-10(7-18-2)6-16(9-14)13(17)12(15)11-4-3-5-19-8-11/h10-12H,3-9,14-15H2,1-2H3. The van der Waals surface area contributed by atoms with Crippen molar-refractivity contribution in [1.82, 2.24) is 4.90 Å². The van der Waals surface area contributed by atoms with E-state index in [2.05, 4.69) is 0 Å². The second-order valence-electron chi connectivity index (χ2n) is 5.31. The average Bonchev–Trinajstić information content (AvgIpc) is 2.44. The fourth-order valence-corrected chi connectivity index (χ4v) is 2.43. The Labute approximate surface area is 115 Å². The molecule has 1 fully saturated rings. The van der Waals surface area contributed by atoms with Crippen molar-refractivity contribution in [3.8, 4) is 0 Å². The molecule has 19 heavy (non-hydrogen) atoms. The Morgan fingerprint density at radius 3 is 2.84 bits per heavy atom. The summed E-state index contributed by atoms with van der Waals surface area (Å²) >= 11 is 0. The van der Waals surface area contributed by atoms with Gasteiger partial charge in [-0.05, 0) is 18.8 Å². The van der Waals surface area contributed by atoms with Crippen molar-refractivity contribution in [1.29, 1.82) is 0 Å². The number of hydrogen-bond acceptors (Lipinski definition) is 5. The first-order chi connectivity index (χ1) is 9.10. The van der Waals surface area contributed by atoms with Gasteiger partial charge in [-0.3, -0.25) is 4.79 Å². The Morgan fingerprint density at radius 2 is 2.32 bits per heavy atom. The van der Waals surface area contributed by atoms with Gasteiger partial charge in [0.05, 0.1) is 25.9 Å². The number of nitrogens with zero attached hydrogens (tertiary/aromatic N) is 1. The van der Waals surface area contributed by atoms with Gasteiger partial charge in [0, 0.05) is 26.2 Å². The first-order valence-corrected chi connectivity index (χ1v) is 6.91. The fourth-order valence-electron chi connectivity index (χ4n) is 2.43. The van der Waals surface area contributed by atoms with Crippen LogP contribution in [-0.2, 0) is 14.3 Å². The lowest BCUT2D eigenvalue weighted by atomic mass is 9.93. The minimum absolute atomic E-state index is 0.0825. The van der Waals surface area contributed by atoms with Gasteiger partial charge < -0.3 is 25.8 Å². The molecule has 1 amide bonds. The SMILES string of the molecule is COCC(C)CN(CN)C(=O)C(N)C1CCCOC1. The van der Waals surface area contributed by atoms with Gasteiger partial charge in [-0.25, -0.2) is 0 Å². The lowest BCUT2D eigenvalue weighted by molar-refractivity contribution is -0.136. The molecule has 3 unspecified atom stereocenters. The first-order valence-electron chi connectivity index (χ1n) is 6.91. The highest BCUT2D eigenvalue weighted by Gasteiger charge is 2.30. The molecule has 1 saturated heterocycles. The Hall–Kier alpha value is -0.690. The molecule has 0 bridgehead atoms. The molecule has 1 rings (SSSR count). The van der Waals surface area contributed by atoms with Gasteiger partial charge in [0.2, 0.25) is 5.91 Å². The van der Waals surface area contributed by atoms with E-state index < -0.39 is 6.04 Å². The number of methoxy groups -OCH3 is 1. The molecule has 6 heteroatoms. The second kappa shape index (κ2) is 8.47. The van der Waals surface area contributed by atoms with Crippen molar-refractivity contribution >= 4 is 5.91 Å². The van der Waals surface area contributed by atoms with E-state index in [1.807, 2.05) is 6.92 Å². The molecule has 1 aliphatic heterocycles. The smallest absolute Gasteiger partial charge is 0.240 e. The number of carbonyl (C=O) groups is 1. The highest BCUT2D eigenvalue weighted by molar-refractivity contribution is 5.82. The molecule has 3 atom stereocenters. The van der Waals surface area contributed by atoms with Crippen LogP contribution in [0.15, 0.2) is 0 Å². The third-order valence-electron chi connectivity index (χ3n) is 3.50. The minimum atomic E-state index is -0.515. The van der Waals surface area contributed by atoms with E-state index in [1.165, 1.54) is 0 Å². The molecule has 0 aromatic rings. The largest absolute Gasteiger partial charge is 0.384 e. The molecule has 6 nitrogen and oxygen atoms in total. The van der Waals surface area contributed by atoms with Gasteiger partial charge in [0.15, 0.2) is 0 Å². The fraction of sp³-hybridized carbons (Fsp3) is 0.923. The molecular formula is C13H27N3O3. The van der Waals surface area contributed by atoms with E-state index in [0.717, 1.165) is 19.4 Å². The lowest BCUT2D eigenvalue weighted by Gasteiger charge is -2.32. The molecule has 1 aliphatic rings. The third kappa shape index (κ3) is 5.06. The molecular weight excluding hydrogens is 246 g/mol. The van der Waals surface area contributed by atoms with E-state index >= 15 is 0 Å². The molecule has 4 N–H and O–H groups in total. The van der Waals surface area contributed by atoms with Crippen LogP contribution < -0.4 is 11.5 Å². The van der Waals surface area contributed by atoms with Crippen molar-refractivity contribution in [3.63, 3.8) is 0 Å². The summed E-state index contributed by atoms with van der Waals surface area (Å²) in [5, 5.41) is 0. The number of amides is 1. The van der Waals surface area contributed by atoms with Crippen LogP contribution in [0.5, 0.6) is 0 Å². The zero-order chi connectivity index (χ0) is 14.3. The summed E-state index contributed by atoms with van der Waals surface area (Å²) in [6.45, 7) is 4.72. The summed E-state index contributed by atoms with van der Waals surface area (Å²) in [4.78, 5) is 14.0. The van der Waals surface area contributed by atoms with Crippen LogP contribution in [0.4, 0.5) is 0 Å². The summed E-state index contributed by atoms with van der Waals surface area (Å²) in [7, 11) is 1.65. The quantitative estimate of drug-likeness (QED) is 0.625. The highest BCUT2D eigenvalue weighted by atomic mass is 16.5. The Bertz CT molecular complexity index is 270. The van der Waals surface area contributed by atoms with Crippen molar-refractivity contribution < 1.29 is 14.3 Å². The topological polar surface area (TPSA) is 90.8 Å². The average molecular weight is 273 g/mol. The molecule has 112 valence electrons. The van der Waals surface area contributed by atoms with Crippen molar-refractivity contribution in [2.24, 2.45) is 23.3 Å². The molecule has 0 spiro atoms. The first kappa shape index (κ1) is 16.4. The van der Waals surface area contributed by atoms with Gasteiger partial charge in [-0.15, -0.1) is 0 Å². The summed E-state index contributed by atoms with van der Waals surface area (Å²) in [5.74, 6) is 0.265. The minimum Gasteiger partial charge on any atom is -0.384 e. The van der Waals surface area contributed by atoms with Gasteiger partial charge in [-0.1, -0.05) is 6.92 Å². The van der Waals surface area contributed by atoms with Crippen LogP contribution >= 0.6 is 0 Å². The monoisotopic (exact) mass is 273 g/mol. The Kier molecular flexibility index (Phi) is 7.30. The maximum atomic E-state index is 12.3. The molecule has 0 aromatic heterocycles. The maximum Gasteiger partial charge on any atom is 0.240 e. The van der Waals surface area contributed by atoms with Crippen LogP contribution in [0, 0.1) is 11.8 Å². The molecule has 1 heterocycles. The predicted molar refractivity (Wildman–Crippen MR) is 73.3 cm³/mol. The summed E-state index contributed by atoms with van der Waals surface area (Å²) in [6, 6.07) is -0.515. The predicted octanol–water partition coefficient (Wildman–Crippen LogP) is -0.232. The molecule has 0 radical (unpaired) electrons. The summed E-state index contributed by atoms with van der Waals surface area (Å²) in [5.41, 5.74) is 11.7. The van der Waals surface area contributed by atoms with Crippen LogP contribution in [0.3, 0.4) is 0 Å². The van der Waals surface area contributed by atoms with Crippen LogP contribution in [0.25, 0.3) is 0 Å². The van der Waals surface area contributed by atoms with Crippen molar-refractivity contribution in [3.05, 3.63) is 0 Å². The van der Waals surface area contributed by atoms with Crippen molar-refractivity contribution in [2.75, 3.05) is 40.1 Å². The number of hydrogen-bond donors (Lipinski definition) is 2. The number of carbonyl (C=O) groups excluding carboxylic acids is 1. The zero-order valence-corrected chi connectivity index (χ0v) is 12.0. The number of ether oxygens (including phenoxy) is 2. The maximum absolute atomic E-state index is 12.3. The van der Waals surface area contributed by atoms with Gasteiger partial charge in [0.25, 0.3) is 0 Å². The van der Waals surface area contributed by atoms with Crippen LogP contribution in [0.1, 0.15) is 19.8 Å². The normalized spacial score (nSPS) is 22.8. The van der Waals surface area contributed by atoms with E-state index in [1.54, 1.807) is 12.0 Å². The Balaban J connectivity index is 2.51.